The van der Waals surface area contributed by atoms with Gasteiger partial charge in [-0.05, 0) is 30.2 Å². The van der Waals surface area contributed by atoms with Gasteiger partial charge in [0.15, 0.2) is 18.4 Å². The second-order valence-corrected chi connectivity index (χ2v) is 8.51. The number of fused-ring (bicyclic) bond motifs is 1. The van der Waals surface area contributed by atoms with Crippen LogP contribution >= 0.6 is 34.8 Å². The molecule has 170 valence electrons. The summed E-state index contributed by atoms with van der Waals surface area (Å²) < 4.78 is 18.5. The zero-order valence-electron chi connectivity index (χ0n) is 17.2. The smallest absolute Gasteiger partial charge is 0.303 e. The number of carbonyl (C=O) groups is 2. The van der Waals surface area contributed by atoms with E-state index in [2.05, 4.69) is 4.98 Å². The standard InChI is InChI=1S/C20H23Cl3N2O6/c1-4-5-6-15(28)16-17(29-9(2)26)18(30-10(3)27)19(31-16)25-14-8-12(22)11(21)7-13(14)24-20(25)23/h7-8,15-19,28H,4-6H2,1-3H3/t15?,16-,17?,18?,19?/m1/s1. The number of halogens is 3. The third-order valence-corrected chi connectivity index (χ3v) is 5.99. The van der Waals surface area contributed by atoms with Gasteiger partial charge >= 0.3 is 11.9 Å². The van der Waals surface area contributed by atoms with Gasteiger partial charge in [-0.2, -0.15) is 0 Å². The number of rotatable bonds is 7. The molecule has 0 aliphatic carbocycles. The first-order chi connectivity index (χ1) is 14.6. The van der Waals surface area contributed by atoms with Crippen LogP contribution in [0.4, 0.5) is 0 Å². The molecule has 0 saturated carbocycles. The van der Waals surface area contributed by atoms with E-state index in [9.17, 15) is 14.7 Å². The minimum absolute atomic E-state index is 0.0285. The van der Waals surface area contributed by atoms with Crippen LogP contribution in [0.3, 0.4) is 0 Å². The highest BCUT2D eigenvalue weighted by atomic mass is 35.5. The fourth-order valence-electron chi connectivity index (χ4n) is 3.71. The second-order valence-electron chi connectivity index (χ2n) is 7.35. The maximum atomic E-state index is 11.9. The van der Waals surface area contributed by atoms with E-state index in [-0.39, 0.29) is 10.3 Å². The predicted molar refractivity (Wildman–Crippen MR) is 115 cm³/mol. The number of hydrogen-bond acceptors (Lipinski definition) is 7. The Kier molecular flexibility index (Phi) is 7.70. The van der Waals surface area contributed by atoms with Crippen molar-refractivity contribution in [2.45, 2.75) is 70.7 Å². The topological polar surface area (TPSA) is 99.9 Å². The molecule has 5 atom stereocenters. The van der Waals surface area contributed by atoms with E-state index in [0.717, 1.165) is 12.8 Å². The van der Waals surface area contributed by atoms with Crippen molar-refractivity contribution >= 4 is 57.8 Å². The summed E-state index contributed by atoms with van der Waals surface area (Å²) in [5, 5.41) is 11.3. The summed E-state index contributed by atoms with van der Waals surface area (Å²) in [5.74, 6) is -1.21. The van der Waals surface area contributed by atoms with Crippen molar-refractivity contribution in [3.8, 4) is 0 Å². The largest absolute Gasteiger partial charge is 0.455 e. The zero-order chi connectivity index (χ0) is 22.9. The van der Waals surface area contributed by atoms with Crippen molar-refractivity contribution in [1.82, 2.24) is 9.55 Å². The van der Waals surface area contributed by atoms with Crippen LogP contribution in [0.25, 0.3) is 11.0 Å². The molecule has 1 aromatic carbocycles. The number of aliphatic hydroxyl groups is 1. The molecule has 1 aromatic heterocycles. The maximum Gasteiger partial charge on any atom is 0.303 e. The van der Waals surface area contributed by atoms with E-state index >= 15 is 0 Å². The molecule has 2 heterocycles. The monoisotopic (exact) mass is 492 g/mol. The summed E-state index contributed by atoms with van der Waals surface area (Å²) in [5.41, 5.74) is 0.926. The molecule has 0 amide bonds. The first kappa shape index (κ1) is 24.1. The van der Waals surface area contributed by atoms with Crippen LogP contribution < -0.4 is 0 Å². The third kappa shape index (κ3) is 5.09. The van der Waals surface area contributed by atoms with Gasteiger partial charge in [0.2, 0.25) is 5.28 Å². The number of esters is 2. The van der Waals surface area contributed by atoms with Crippen molar-refractivity contribution in [2.24, 2.45) is 0 Å². The first-order valence-corrected chi connectivity index (χ1v) is 11.0. The Balaban J connectivity index is 2.10. The highest BCUT2D eigenvalue weighted by molar-refractivity contribution is 6.42. The lowest BCUT2D eigenvalue weighted by molar-refractivity contribution is -0.166. The van der Waals surface area contributed by atoms with Crippen LogP contribution in [-0.4, -0.2) is 51.0 Å². The SMILES string of the molecule is CCCCC(O)[C@H]1OC(n2c(Cl)nc3cc(Cl)c(Cl)cc32)C(OC(C)=O)C1OC(C)=O. The van der Waals surface area contributed by atoms with Gasteiger partial charge in [0.05, 0.1) is 27.2 Å². The normalized spacial score (nSPS) is 24.4. The van der Waals surface area contributed by atoms with Crippen LogP contribution in [0.2, 0.25) is 15.3 Å². The van der Waals surface area contributed by atoms with Gasteiger partial charge in [-0.25, -0.2) is 4.98 Å². The lowest BCUT2D eigenvalue weighted by Gasteiger charge is -2.25. The van der Waals surface area contributed by atoms with E-state index in [1.54, 1.807) is 12.1 Å². The average Bonchev–Trinajstić information content (AvgIpc) is 3.16. The molecular formula is C20H23Cl3N2O6. The molecule has 31 heavy (non-hydrogen) atoms. The molecule has 11 heteroatoms. The van der Waals surface area contributed by atoms with Crippen LogP contribution in [0.1, 0.15) is 46.3 Å². The van der Waals surface area contributed by atoms with Crippen LogP contribution in [0, 0.1) is 0 Å². The molecule has 4 unspecified atom stereocenters. The first-order valence-electron chi connectivity index (χ1n) is 9.84. The molecular weight excluding hydrogens is 471 g/mol. The van der Waals surface area contributed by atoms with Gasteiger partial charge in [-0.15, -0.1) is 0 Å². The summed E-state index contributed by atoms with van der Waals surface area (Å²) in [6.45, 7) is 4.45. The fourth-order valence-corrected chi connectivity index (χ4v) is 4.30. The lowest BCUT2D eigenvalue weighted by Crippen LogP contribution is -2.43. The molecule has 8 nitrogen and oxygen atoms in total. The Morgan fingerprint density at radius 1 is 1.16 bits per heavy atom. The number of unbranched alkanes of at least 4 members (excludes halogenated alkanes) is 1. The Bertz CT molecular complexity index is 981. The van der Waals surface area contributed by atoms with Gasteiger partial charge in [0.1, 0.15) is 6.10 Å². The molecule has 1 aliphatic rings. The van der Waals surface area contributed by atoms with Crippen LogP contribution in [0.15, 0.2) is 12.1 Å². The Labute approximate surface area is 194 Å². The van der Waals surface area contributed by atoms with Gasteiger partial charge in [0.25, 0.3) is 0 Å². The van der Waals surface area contributed by atoms with Crippen molar-refractivity contribution in [3.63, 3.8) is 0 Å². The lowest BCUT2D eigenvalue weighted by atomic mass is 10.0. The van der Waals surface area contributed by atoms with Crippen LogP contribution in [-0.2, 0) is 23.8 Å². The molecule has 1 saturated heterocycles. The third-order valence-electron chi connectivity index (χ3n) is 5.00. The van der Waals surface area contributed by atoms with E-state index in [1.165, 1.54) is 18.4 Å². The van der Waals surface area contributed by atoms with E-state index in [0.29, 0.717) is 22.5 Å². The molecule has 0 spiro atoms. The number of aromatic nitrogens is 2. The predicted octanol–water partition coefficient (Wildman–Crippen LogP) is 4.31. The Morgan fingerprint density at radius 3 is 2.39 bits per heavy atom. The van der Waals surface area contributed by atoms with Crippen LogP contribution in [0.5, 0.6) is 0 Å². The summed E-state index contributed by atoms with van der Waals surface area (Å²) >= 11 is 18.7. The number of imidazole rings is 1. The van der Waals surface area contributed by atoms with Gasteiger partial charge < -0.3 is 19.3 Å². The minimum Gasteiger partial charge on any atom is -0.455 e. The van der Waals surface area contributed by atoms with Gasteiger partial charge in [-0.1, -0.05) is 43.0 Å². The zero-order valence-corrected chi connectivity index (χ0v) is 19.4. The fraction of sp³-hybridized carbons (Fsp3) is 0.550. The maximum absolute atomic E-state index is 11.9. The quantitative estimate of drug-likeness (QED) is 0.574. The molecule has 3 rings (SSSR count). The molecule has 0 radical (unpaired) electrons. The summed E-state index contributed by atoms with van der Waals surface area (Å²) in [6.07, 6.45) is -3.04. The van der Waals surface area contributed by atoms with E-state index < -0.39 is 42.6 Å². The summed E-state index contributed by atoms with van der Waals surface area (Å²) in [6, 6.07) is 3.11. The van der Waals surface area contributed by atoms with Crippen molar-refractivity contribution in [1.29, 1.82) is 0 Å². The molecule has 1 fully saturated rings. The second kappa shape index (κ2) is 9.92. The Hall–Kier alpha value is -1.58. The molecule has 1 aliphatic heterocycles. The average molecular weight is 494 g/mol. The van der Waals surface area contributed by atoms with Crippen molar-refractivity contribution in [3.05, 3.63) is 27.5 Å². The van der Waals surface area contributed by atoms with E-state index in [4.69, 9.17) is 49.0 Å². The van der Waals surface area contributed by atoms with Gasteiger partial charge in [0, 0.05) is 13.8 Å². The summed E-state index contributed by atoms with van der Waals surface area (Å²) in [4.78, 5) is 27.9. The van der Waals surface area contributed by atoms with Crippen molar-refractivity contribution < 1.29 is 28.9 Å². The number of ether oxygens (including phenoxy) is 3. The van der Waals surface area contributed by atoms with E-state index in [1.807, 2.05) is 6.92 Å². The van der Waals surface area contributed by atoms with Gasteiger partial charge in [-0.3, -0.25) is 14.2 Å². The Morgan fingerprint density at radius 2 is 1.77 bits per heavy atom. The van der Waals surface area contributed by atoms with Crippen molar-refractivity contribution in [2.75, 3.05) is 0 Å². The number of aliphatic hydroxyl groups excluding tert-OH is 1. The number of benzene rings is 1. The highest BCUT2D eigenvalue weighted by Crippen LogP contribution is 2.41. The molecule has 0 bridgehead atoms. The minimum atomic E-state index is -1.08. The number of carbonyl (C=O) groups excluding carboxylic acids is 2. The number of hydrogen-bond donors (Lipinski definition) is 1. The molecule has 1 N–H and O–H groups in total. The molecule has 2 aromatic rings. The summed E-state index contributed by atoms with van der Waals surface area (Å²) in [7, 11) is 0. The highest BCUT2D eigenvalue weighted by Gasteiger charge is 2.53. The number of nitrogens with zero attached hydrogens (tertiary/aromatic N) is 2.